The Morgan fingerprint density at radius 3 is 2.93 bits per heavy atom. The Labute approximate surface area is 166 Å². The quantitative estimate of drug-likeness (QED) is 0.536. The molecular weight excluding hydrogens is 372 g/mol. The average Bonchev–Trinajstić information content (AvgIpc) is 3.25. The van der Waals surface area contributed by atoms with Crippen LogP contribution in [-0.4, -0.2) is 61.5 Å². The number of amides is 1. The molecule has 8 heteroatoms. The van der Waals surface area contributed by atoms with Crippen molar-refractivity contribution in [3.8, 4) is 0 Å². The van der Waals surface area contributed by atoms with Gasteiger partial charge in [0.05, 0.1) is 16.8 Å². The number of aromatic nitrogens is 4. The fraction of sp³-hybridized carbons (Fsp3) is 0.300. The van der Waals surface area contributed by atoms with Gasteiger partial charge < -0.3 is 4.90 Å². The van der Waals surface area contributed by atoms with E-state index < -0.39 is 0 Å². The maximum atomic E-state index is 12.9. The number of carbonyl (C=O) groups excluding carboxylic acids is 1. The van der Waals surface area contributed by atoms with Gasteiger partial charge in [0, 0.05) is 44.6 Å². The zero-order valence-corrected chi connectivity index (χ0v) is 16.2. The summed E-state index contributed by atoms with van der Waals surface area (Å²) >= 11 is 1.75. The molecule has 0 spiro atoms. The van der Waals surface area contributed by atoms with Crippen molar-refractivity contribution in [1.82, 2.24) is 29.4 Å². The molecule has 28 heavy (non-hydrogen) atoms. The van der Waals surface area contributed by atoms with Crippen LogP contribution in [0.25, 0.3) is 15.9 Å². The van der Waals surface area contributed by atoms with Gasteiger partial charge in [-0.25, -0.2) is 14.5 Å². The Hall–Kier alpha value is -2.84. The largest absolute Gasteiger partial charge is 0.336 e. The van der Waals surface area contributed by atoms with Crippen LogP contribution in [0, 0.1) is 0 Å². The normalized spacial score (nSPS) is 15.9. The van der Waals surface area contributed by atoms with Crippen LogP contribution in [0.15, 0.2) is 48.8 Å². The number of fused-ring (bicyclic) bond motifs is 2. The second-order valence-electron chi connectivity index (χ2n) is 6.95. The smallest absolute Gasteiger partial charge is 0.274 e. The Bertz CT molecular complexity index is 1070. The third kappa shape index (κ3) is 3.36. The van der Waals surface area contributed by atoms with E-state index in [1.165, 1.54) is 4.70 Å². The van der Waals surface area contributed by atoms with Crippen molar-refractivity contribution in [3.05, 3.63) is 59.5 Å². The number of carbonyl (C=O) groups is 1. The molecule has 1 fully saturated rings. The molecule has 4 aromatic rings. The van der Waals surface area contributed by atoms with Crippen molar-refractivity contribution in [2.45, 2.75) is 13.0 Å². The molecule has 1 aliphatic rings. The third-order valence-electron chi connectivity index (χ3n) is 5.03. The van der Waals surface area contributed by atoms with Gasteiger partial charge in [-0.1, -0.05) is 12.1 Å². The van der Waals surface area contributed by atoms with Crippen LogP contribution in [-0.2, 0) is 6.54 Å². The molecule has 142 valence electrons. The van der Waals surface area contributed by atoms with E-state index in [-0.39, 0.29) is 5.91 Å². The van der Waals surface area contributed by atoms with Gasteiger partial charge in [-0.15, -0.1) is 11.3 Å². The van der Waals surface area contributed by atoms with Crippen molar-refractivity contribution < 1.29 is 4.79 Å². The molecule has 3 aromatic heterocycles. The van der Waals surface area contributed by atoms with Gasteiger partial charge in [-0.3, -0.25) is 9.69 Å². The van der Waals surface area contributed by atoms with Gasteiger partial charge in [-0.2, -0.15) is 5.10 Å². The lowest BCUT2D eigenvalue weighted by Gasteiger charge is -2.20. The van der Waals surface area contributed by atoms with E-state index in [9.17, 15) is 4.79 Å². The number of hydrogen-bond acceptors (Lipinski definition) is 6. The van der Waals surface area contributed by atoms with Gasteiger partial charge in [-0.05, 0) is 24.6 Å². The Kier molecular flexibility index (Phi) is 4.50. The SMILES string of the molecule is O=C(c1cc2ncccn2n1)N1CCCN(Cc2nc3ccccc3s2)CC1. The number of thiazole rings is 1. The molecule has 0 bridgehead atoms. The van der Waals surface area contributed by atoms with Crippen LogP contribution in [0.1, 0.15) is 21.9 Å². The van der Waals surface area contributed by atoms with E-state index in [4.69, 9.17) is 4.98 Å². The standard InChI is InChI=1S/C20H20N6OS/c27-20(16-13-18-21-7-3-10-26(18)23-16)25-9-4-8-24(11-12-25)14-19-22-15-5-1-2-6-17(15)28-19/h1-3,5-7,10,13H,4,8-9,11-12,14H2. The van der Waals surface area contributed by atoms with Crippen LogP contribution in [0.2, 0.25) is 0 Å². The highest BCUT2D eigenvalue weighted by Gasteiger charge is 2.23. The minimum Gasteiger partial charge on any atom is -0.336 e. The van der Waals surface area contributed by atoms with Crippen LogP contribution in [0.3, 0.4) is 0 Å². The summed E-state index contributed by atoms with van der Waals surface area (Å²) in [6, 6.07) is 11.8. The van der Waals surface area contributed by atoms with Crippen LogP contribution < -0.4 is 0 Å². The topological polar surface area (TPSA) is 66.6 Å². The Morgan fingerprint density at radius 2 is 2.04 bits per heavy atom. The molecule has 0 radical (unpaired) electrons. The number of para-hydroxylation sites is 1. The Balaban J connectivity index is 1.26. The van der Waals surface area contributed by atoms with Gasteiger partial charge in [0.1, 0.15) is 5.01 Å². The number of hydrogen-bond donors (Lipinski definition) is 0. The zero-order chi connectivity index (χ0) is 18.9. The van der Waals surface area contributed by atoms with Crippen molar-refractivity contribution in [2.24, 2.45) is 0 Å². The highest BCUT2D eigenvalue weighted by molar-refractivity contribution is 7.18. The summed E-state index contributed by atoms with van der Waals surface area (Å²) in [6.07, 6.45) is 4.46. The minimum atomic E-state index is -0.0210. The monoisotopic (exact) mass is 392 g/mol. The maximum absolute atomic E-state index is 12.9. The zero-order valence-electron chi connectivity index (χ0n) is 15.4. The fourth-order valence-electron chi connectivity index (χ4n) is 3.61. The van der Waals surface area contributed by atoms with Crippen molar-refractivity contribution in [1.29, 1.82) is 0 Å². The summed E-state index contributed by atoms with van der Waals surface area (Å²) in [4.78, 5) is 26.2. The highest BCUT2D eigenvalue weighted by Crippen LogP contribution is 2.23. The first-order valence-corrected chi connectivity index (χ1v) is 10.2. The molecule has 0 N–H and O–H groups in total. The average molecular weight is 392 g/mol. The molecule has 1 aromatic carbocycles. The van der Waals surface area contributed by atoms with Gasteiger partial charge in [0.15, 0.2) is 11.3 Å². The first kappa shape index (κ1) is 17.3. The van der Waals surface area contributed by atoms with Crippen LogP contribution in [0.4, 0.5) is 0 Å². The molecule has 0 atom stereocenters. The second-order valence-corrected chi connectivity index (χ2v) is 8.06. The van der Waals surface area contributed by atoms with Gasteiger partial charge in [0.2, 0.25) is 0 Å². The van der Waals surface area contributed by atoms with Crippen molar-refractivity contribution >= 4 is 33.1 Å². The van der Waals surface area contributed by atoms with Crippen molar-refractivity contribution in [3.63, 3.8) is 0 Å². The summed E-state index contributed by atoms with van der Waals surface area (Å²) < 4.78 is 2.87. The molecule has 7 nitrogen and oxygen atoms in total. The van der Waals surface area contributed by atoms with E-state index in [2.05, 4.69) is 33.2 Å². The summed E-state index contributed by atoms with van der Waals surface area (Å²) in [5.41, 5.74) is 2.21. The number of benzene rings is 1. The van der Waals surface area contributed by atoms with E-state index in [0.29, 0.717) is 17.9 Å². The number of nitrogens with zero attached hydrogens (tertiary/aromatic N) is 6. The van der Waals surface area contributed by atoms with E-state index in [1.54, 1.807) is 40.4 Å². The molecule has 0 saturated carbocycles. The third-order valence-corrected chi connectivity index (χ3v) is 6.05. The summed E-state index contributed by atoms with van der Waals surface area (Å²) in [5, 5.41) is 5.50. The predicted molar refractivity (Wildman–Crippen MR) is 108 cm³/mol. The molecule has 1 aliphatic heterocycles. The summed E-state index contributed by atoms with van der Waals surface area (Å²) in [6.45, 7) is 4.08. The summed E-state index contributed by atoms with van der Waals surface area (Å²) in [7, 11) is 0. The lowest BCUT2D eigenvalue weighted by molar-refractivity contribution is 0.0755. The molecule has 1 saturated heterocycles. The lowest BCUT2D eigenvalue weighted by Crippen LogP contribution is -2.35. The highest BCUT2D eigenvalue weighted by atomic mass is 32.1. The van der Waals surface area contributed by atoms with Crippen LogP contribution in [0.5, 0.6) is 0 Å². The predicted octanol–water partition coefficient (Wildman–Crippen LogP) is 2.69. The molecule has 0 unspecified atom stereocenters. The minimum absolute atomic E-state index is 0.0210. The van der Waals surface area contributed by atoms with E-state index in [1.807, 2.05) is 11.0 Å². The first-order valence-electron chi connectivity index (χ1n) is 9.43. The lowest BCUT2D eigenvalue weighted by atomic mass is 10.3. The first-order chi connectivity index (χ1) is 13.8. The Morgan fingerprint density at radius 1 is 1.11 bits per heavy atom. The fourth-order valence-corrected chi connectivity index (χ4v) is 4.62. The molecule has 4 heterocycles. The van der Waals surface area contributed by atoms with E-state index >= 15 is 0 Å². The van der Waals surface area contributed by atoms with Crippen molar-refractivity contribution in [2.75, 3.05) is 26.2 Å². The van der Waals surface area contributed by atoms with Gasteiger partial charge in [0.25, 0.3) is 5.91 Å². The molecule has 5 rings (SSSR count). The molecule has 0 aliphatic carbocycles. The van der Waals surface area contributed by atoms with Crippen LogP contribution >= 0.6 is 11.3 Å². The maximum Gasteiger partial charge on any atom is 0.274 e. The molecular formula is C20H20N6OS. The second kappa shape index (κ2) is 7.29. The summed E-state index contributed by atoms with van der Waals surface area (Å²) in [5.74, 6) is -0.0210. The molecule has 1 amide bonds. The van der Waals surface area contributed by atoms with Gasteiger partial charge >= 0.3 is 0 Å². The van der Waals surface area contributed by atoms with E-state index in [0.717, 1.165) is 43.1 Å². The number of rotatable bonds is 3.